The van der Waals surface area contributed by atoms with Crippen LogP contribution in [0.1, 0.15) is 6.92 Å². The Balaban J connectivity index is 2.61. The van der Waals surface area contributed by atoms with Gasteiger partial charge in [0, 0.05) is 5.02 Å². The fourth-order valence-corrected chi connectivity index (χ4v) is 1.34. The minimum absolute atomic E-state index is 0.319. The lowest BCUT2D eigenvalue weighted by molar-refractivity contribution is -0.128. The zero-order valence-electron chi connectivity index (χ0n) is 9.62. The highest BCUT2D eigenvalue weighted by Crippen LogP contribution is 2.23. The molecule has 1 unspecified atom stereocenters. The van der Waals surface area contributed by atoms with Crippen LogP contribution < -0.4 is 11.1 Å². The second kappa shape index (κ2) is 6.51. The van der Waals surface area contributed by atoms with Gasteiger partial charge in [-0.15, -0.1) is 0 Å². The van der Waals surface area contributed by atoms with Crippen LogP contribution in [0.4, 0.5) is 20.2 Å². The molecule has 0 radical (unpaired) electrons. The summed E-state index contributed by atoms with van der Waals surface area (Å²) in [7, 11) is 0. The molecule has 100 valence electrons. The maximum Gasteiger partial charge on any atom is 0.261 e. The normalized spacial score (nSPS) is 12.5. The van der Waals surface area contributed by atoms with Crippen molar-refractivity contribution in [1.82, 2.24) is 0 Å². The first-order valence-corrected chi connectivity index (χ1v) is 5.53. The van der Waals surface area contributed by atoms with Crippen molar-refractivity contribution in [2.75, 3.05) is 17.7 Å². The van der Waals surface area contributed by atoms with Crippen LogP contribution in [0.25, 0.3) is 0 Å². The van der Waals surface area contributed by atoms with E-state index in [0.717, 1.165) is 0 Å². The number of carbonyl (C=O) groups is 1. The fraction of sp³-hybridized carbons (Fsp3) is 0.364. The van der Waals surface area contributed by atoms with Gasteiger partial charge in [0.2, 0.25) is 0 Å². The second-order valence-corrected chi connectivity index (χ2v) is 4.02. The quantitative estimate of drug-likeness (QED) is 0.814. The summed E-state index contributed by atoms with van der Waals surface area (Å²) in [5.41, 5.74) is 6.27. The van der Waals surface area contributed by atoms with Crippen LogP contribution in [-0.4, -0.2) is 25.0 Å². The molecule has 1 aromatic rings. The maximum absolute atomic E-state index is 11.9. The summed E-state index contributed by atoms with van der Waals surface area (Å²) in [6.45, 7) is 0.581. The van der Waals surface area contributed by atoms with E-state index in [2.05, 4.69) is 10.1 Å². The van der Waals surface area contributed by atoms with Gasteiger partial charge in [-0.05, 0) is 25.1 Å². The van der Waals surface area contributed by atoms with Gasteiger partial charge in [0.25, 0.3) is 12.3 Å². The Bertz CT molecular complexity index is 430. The molecule has 3 N–H and O–H groups in total. The van der Waals surface area contributed by atoms with Gasteiger partial charge in [0.1, 0.15) is 12.7 Å². The molecule has 0 aliphatic heterocycles. The molecule has 18 heavy (non-hydrogen) atoms. The lowest BCUT2D eigenvalue weighted by Gasteiger charge is -2.14. The Labute approximate surface area is 108 Å². The third-order valence-electron chi connectivity index (χ3n) is 2.11. The molecule has 1 atom stereocenters. The number of amides is 1. The van der Waals surface area contributed by atoms with E-state index in [1.165, 1.54) is 19.1 Å². The van der Waals surface area contributed by atoms with Gasteiger partial charge in [-0.25, -0.2) is 8.78 Å². The molecule has 0 heterocycles. The third-order valence-corrected chi connectivity index (χ3v) is 2.35. The topological polar surface area (TPSA) is 64.3 Å². The van der Waals surface area contributed by atoms with Crippen LogP contribution in [0.2, 0.25) is 5.02 Å². The summed E-state index contributed by atoms with van der Waals surface area (Å²) < 4.78 is 28.5. The van der Waals surface area contributed by atoms with Crippen LogP contribution >= 0.6 is 11.6 Å². The van der Waals surface area contributed by atoms with Crippen LogP contribution in [0.5, 0.6) is 0 Å². The molecule has 4 nitrogen and oxygen atoms in total. The molecular weight excluding hydrogens is 266 g/mol. The average Bonchev–Trinajstić information content (AvgIpc) is 2.30. The maximum atomic E-state index is 11.9. The SMILES string of the molecule is CC(OCC(F)F)C(=O)Nc1cc(Cl)ccc1N. The van der Waals surface area contributed by atoms with Gasteiger partial charge in [-0.2, -0.15) is 0 Å². The predicted molar refractivity (Wildman–Crippen MR) is 65.9 cm³/mol. The number of nitrogens with two attached hydrogens (primary N) is 1. The second-order valence-electron chi connectivity index (χ2n) is 3.59. The first-order valence-electron chi connectivity index (χ1n) is 5.15. The molecule has 0 spiro atoms. The Hall–Kier alpha value is -1.40. The molecule has 0 saturated carbocycles. The number of nitrogen functional groups attached to an aromatic ring is 1. The molecule has 1 amide bonds. The van der Waals surface area contributed by atoms with Crippen molar-refractivity contribution in [3.63, 3.8) is 0 Å². The molecule has 0 fully saturated rings. The molecule has 1 rings (SSSR count). The van der Waals surface area contributed by atoms with Crippen molar-refractivity contribution in [2.45, 2.75) is 19.5 Å². The van der Waals surface area contributed by atoms with Crippen molar-refractivity contribution >= 4 is 28.9 Å². The van der Waals surface area contributed by atoms with Gasteiger partial charge in [-0.3, -0.25) is 4.79 Å². The summed E-state index contributed by atoms with van der Waals surface area (Å²) in [4.78, 5) is 11.6. The van der Waals surface area contributed by atoms with Gasteiger partial charge >= 0.3 is 0 Å². The van der Waals surface area contributed by atoms with Crippen LogP contribution in [0.15, 0.2) is 18.2 Å². The van der Waals surface area contributed by atoms with Crippen LogP contribution in [-0.2, 0) is 9.53 Å². The first kappa shape index (κ1) is 14.7. The zero-order chi connectivity index (χ0) is 13.7. The van der Waals surface area contributed by atoms with Gasteiger partial charge in [-0.1, -0.05) is 11.6 Å². The van der Waals surface area contributed by atoms with Crippen LogP contribution in [0.3, 0.4) is 0 Å². The largest absolute Gasteiger partial charge is 0.397 e. The summed E-state index contributed by atoms with van der Waals surface area (Å²) in [5.74, 6) is -0.565. The number of hydrogen-bond acceptors (Lipinski definition) is 3. The average molecular weight is 279 g/mol. The minimum atomic E-state index is -2.61. The third kappa shape index (κ3) is 4.46. The van der Waals surface area contributed by atoms with E-state index in [4.69, 9.17) is 17.3 Å². The van der Waals surface area contributed by atoms with E-state index in [0.29, 0.717) is 16.4 Å². The van der Waals surface area contributed by atoms with Crippen molar-refractivity contribution < 1.29 is 18.3 Å². The number of alkyl halides is 2. The highest BCUT2D eigenvalue weighted by atomic mass is 35.5. The van der Waals surface area contributed by atoms with Gasteiger partial charge < -0.3 is 15.8 Å². The first-order chi connectivity index (χ1) is 8.40. The highest BCUT2D eigenvalue weighted by molar-refractivity contribution is 6.31. The Kier molecular flexibility index (Phi) is 5.30. The van der Waals surface area contributed by atoms with Gasteiger partial charge in [0.05, 0.1) is 11.4 Å². The molecule has 0 aromatic heterocycles. The molecule has 0 saturated heterocycles. The van der Waals surface area contributed by atoms with Gasteiger partial charge in [0.15, 0.2) is 0 Å². The predicted octanol–water partition coefficient (Wildman–Crippen LogP) is 2.53. The minimum Gasteiger partial charge on any atom is -0.397 e. The van der Waals surface area contributed by atoms with Crippen LogP contribution in [0, 0.1) is 0 Å². The Morgan fingerprint density at radius 3 is 2.83 bits per heavy atom. The zero-order valence-corrected chi connectivity index (χ0v) is 10.4. The number of carbonyl (C=O) groups excluding carboxylic acids is 1. The fourth-order valence-electron chi connectivity index (χ4n) is 1.16. The number of benzene rings is 1. The lowest BCUT2D eigenvalue weighted by Crippen LogP contribution is -2.29. The van der Waals surface area contributed by atoms with E-state index in [1.54, 1.807) is 6.07 Å². The molecule has 7 heteroatoms. The van der Waals surface area contributed by atoms with Crippen molar-refractivity contribution in [3.05, 3.63) is 23.2 Å². The lowest BCUT2D eigenvalue weighted by atomic mass is 10.2. The molecule has 1 aromatic carbocycles. The van der Waals surface area contributed by atoms with Crippen molar-refractivity contribution in [2.24, 2.45) is 0 Å². The Morgan fingerprint density at radius 1 is 1.56 bits per heavy atom. The van der Waals surface area contributed by atoms with E-state index < -0.39 is 25.0 Å². The van der Waals surface area contributed by atoms with Crippen molar-refractivity contribution in [3.8, 4) is 0 Å². The molecule has 0 bridgehead atoms. The molecule has 0 aliphatic carbocycles. The highest BCUT2D eigenvalue weighted by Gasteiger charge is 2.16. The number of anilines is 2. The number of rotatable bonds is 5. The van der Waals surface area contributed by atoms with E-state index >= 15 is 0 Å². The molecule has 0 aliphatic rings. The Morgan fingerprint density at radius 2 is 2.22 bits per heavy atom. The summed E-state index contributed by atoms with van der Waals surface area (Å²) in [6, 6.07) is 4.57. The summed E-state index contributed by atoms with van der Waals surface area (Å²) in [5, 5.41) is 2.86. The number of ether oxygens (including phenoxy) is 1. The number of nitrogens with one attached hydrogen (secondary N) is 1. The monoisotopic (exact) mass is 278 g/mol. The van der Waals surface area contributed by atoms with E-state index in [9.17, 15) is 13.6 Å². The number of hydrogen-bond donors (Lipinski definition) is 2. The summed E-state index contributed by atoms with van der Waals surface area (Å²) >= 11 is 5.75. The standard InChI is InChI=1S/C11H13ClF2N2O2/c1-6(18-5-10(13)14)11(17)16-9-4-7(12)2-3-8(9)15/h2-4,6,10H,5,15H2,1H3,(H,16,17). The van der Waals surface area contributed by atoms with E-state index in [-0.39, 0.29) is 0 Å². The smallest absolute Gasteiger partial charge is 0.261 e. The molecular formula is C11H13ClF2N2O2. The van der Waals surface area contributed by atoms with E-state index in [1.807, 2.05) is 0 Å². The number of halogens is 3. The van der Waals surface area contributed by atoms with Crippen molar-refractivity contribution in [1.29, 1.82) is 0 Å². The summed E-state index contributed by atoms with van der Waals surface area (Å²) in [6.07, 6.45) is -3.62.